The van der Waals surface area contributed by atoms with Gasteiger partial charge in [-0.25, -0.2) is 4.79 Å². The summed E-state index contributed by atoms with van der Waals surface area (Å²) in [6, 6.07) is 9.73. The van der Waals surface area contributed by atoms with Crippen molar-refractivity contribution in [3.8, 4) is 5.88 Å². The standard InChI is InChI=1S/C20H26N2O4/c1-20(2,3)25-19(23)22(4)15-11-8-12-16-17(15)18(21-26-16)24-13-14-9-6-5-7-10-14/h5-7,9-10,15H,8,11-13H2,1-4H3/t15-/m1/s1. The lowest BCUT2D eigenvalue weighted by Crippen LogP contribution is -2.37. The summed E-state index contributed by atoms with van der Waals surface area (Å²) in [5.41, 5.74) is 1.38. The molecule has 1 aromatic heterocycles. The molecule has 0 unspecified atom stereocenters. The minimum absolute atomic E-state index is 0.161. The van der Waals surface area contributed by atoms with Crippen LogP contribution in [0.25, 0.3) is 0 Å². The third kappa shape index (κ3) is 4.18. The Balaban J connectivity index is 1.77. The van der Waals surface area contributed by atoms with Crippen molar-refractivity contribution in [1.82, 2.24) is 10.1 Å². The van der Waals surface area contributed by atoms with Gasteiger partial charge in [-0.05, 0) is 44.3 Å². The number of aryl methyl sites for hydroxylation is 1. The van der Waals surface area contributed by atoms with Crippen LogP contribution in [0.1, 0.15) is 56.5 Å². The quantitative estimate of drug-likeness (QED) is 0.805. The average molecular weight is 358 g/mol. The van der Waals surface area contributed by atoms with Crippen LogP contribution < -0.4 is 4.74 Å². The SMILES string of the molecule is CN(C(=O)OC(C)(C)C)[C@@H]1CCCc2onc(OCc3ccccc3)c21. The second-order valence-corrected chi connectivity index (χ2v) is 7.60. The van der Waals surface area contributed by atoms with Crippen molar-refractivity contribution < 1.29 is 18.8 Å². The van der Waals surface area contributed by atoms with Crippen molar-refractivity contribution in [1.29, 1.82) is 0 Å². The molecule has 0 bridgehead atoms. The first-order valence-corrected chi connectivity index (χ1v) is 8.96. The van der Waals surface area contributed by atoms with Gasteiger partial charge in [0.25, 0.3) is 5.88 Å². The zero-order chi connectivity index (χ0) is 18.7. The molecular weight excluding hydrogens is 332 g/mol. The van der Waals surface area contributed by atoms with Gasteiger partial charge in [0, 0.05) is 13.5 Å². The minimum atomic E-state index is -0.538. The van der Waals surface area contributed by atoms with Crippen molar-refractivity contribution in [2.75, 3.05) is 7.05 Å². The first kappa shape index (κ1) is 18.3. The fraction of sp³-hybridized carbons (Fsp3) is 0.500. The zero-order valence-electron chi connectivity index (χ0n) is 15.8. The largest absolute Gasteiger partial charge is 0.470 e. The fourth-order valence-electron chi connectivity index (χ4n) is 3.10. The molecule has 0 radical (unpaired) electrons. The Morgan fingerprint density at radius 2 is 2.04 bits per heavy atom. The summed E-state index contributed by atoms with van der Waals surface area (Å²) in [6.07, 6.45) is 2.20. The van der Waals surface area contributed by atoms with E-state index >= 15 is 0 Å². The highest BCUT2D eigenvalue weighted by atomic mass is 16.6. The van der Waals surface area contributed by atoms with Crippen molar-refractivity contribution in [3.63, 3.8) is 0 Å². The van der Waals surface area contributed by atoms with Crippen LogP contribution in [-0.2, 0) is 17.8 Å². The summed E-state index contributed by atoms with van der Waals surface area (Å²) in [4.78, 5) is 14.1. The molecule has 26 heavy (non-hydrogen) atoms. The van der Waals surface area contributed by atoms with Crippen LogP contribution in [0.2, 0.25) is 0 Å². The molecule has 1 heterocycles. The third-order valence-electron chi connectivity index (χ3n) is 4.35. The molecule has 0 saturated heterocycles. The van der Waals surface area contributed by atoms with E-state index < -0.39 is 5.60 Å². The van der Waals surface area contributed by atoms with E-state index in [-0.39, 0.29) is 12.1 Å². The van der Waals surface area contributed by atoms with Gasteiger partial charge in [-0.1, -0.05) is 30.3 Å². The van der Waals surface area contributed by atoms with E-state index in [1.165, 1.54) is 0 Å². The van der Waals surface area contributed by atoms with Crippen LogP contribution in [0.5, 0.6) is 5.88 Å². The Morgan fingerprint density at radius 1 is 1.31 bits per heavy atom. The molecule has 2 aromatic rings. The van der Waals surface area contributed by atoms with Gasteiger partial charge < -0.3 is 18.9 Å². The lowest BCUT2D eigenvalue weighted by atomic mass is 9.92. The maximum Gasteiger partial charge on any atom is 0.410 e. The molecule has 6 heteroatoms. The van der Waals surface area contributed by atoms with Gasteiger partial charge in [-0.2, -0.15) is 0 Å². The molecular formula is C20H26N2O4. The van der Waals surface area contributed by atoms with Crippen LogP contribution in [0.4, 0.5) is 4.79 Å². The van der Waals surface area contributed by atoms with E-state index in [9.17, 15) is 4.79 Å². The number of benzene rings is 1. The average Bonchev–Trinajstić information content (AvgIpc) is 3.02. The predicted molar refractivity (Wildman–Crippen MR) is 97.0 cm³/mol. The molecule has 140 valence electrons. The number of amides is 1. The molecule has 1 aliphatic rings. The monoisotopic (exact) mass is 358 g/mol. The van der Waals surface area contributed by atoms with E-state index in [1.54, 1.807) is 11.9 Å². The number of ether oxygens (including phenoxy) is 2. The first-order valence-electron chi connectivity index (χ1n) is 8.96. The van der Waals surface area contributed by atoms with E-state index in [2.05, 4.69) is 5.16 Å². The molecule has 6 nitrogen and oxygen atoms in total. The van der Waals surface area contributed by atoms with Crippen LogP contribution in [-0.4, -0.2) is 28.8 Å². The van der Waals surface area contributed by atoms with Crippen LogP contribution in [0, 0.1) is 0 Å². The Morgan fingerprint density at radius 3 is 2.73 bits per heavy atom. The number of carbonyl (C=O) groups excluding carboxylic acids is 1. The highest BCUT2D eigenvalue weighted by Gasteiger charge is 2.35. The van der Waals surface area contributed by atoms with Crippen molar-refractivity contribution >= 4 is 6.09 Å². The van der Waals surface area contributed by atoms with Crippen LogP contribution in [0.15, 0.2) is 34.9 Å². The summed E-state index contributed by atoms with van der Waals surface area (Å²) >= 11 is 0. The third-order valence-corrected chi connectivity index (χ3v) is 4.35. The normalized spacial score (nSPS) is 16.7. The summed E-state index contributed by atoms with van der Waals surface area (Å²) < 4.78 is 16.9. The molecule has 3 rings (SSSR count). The second-order valence-electron chi connectivity index (χ2n) is 7.60. The summed E-state index contributed by atoms with van der Waals surface area (Å²) in [5.74, 6) is 1.25. The lowest BCUT2D eigenvalue weighted by Gasteiger charge is -2.32. The number of aromatic nitrogens is 1. The fourth-order valence-corrected chi connectivity index (χ4v) is 3.10. The minimum Gasteiger partial charge on any atom is -0.470 e. The Labute approximate surface area is 154 Å². The van der Waals surface area contributed by atoms with Crippen LogP contribution >= 0.6 is 0 Å². The molecule has 0 aliphatic heterocycles. The summed E-state index contributed by atoms with van der Waals surface area (Å²) in [7, 11) is 1.75. The van der Waals surface area contributed by atoms with Crippen molar-refractivity contribution in [3.05, 3.63) is 47.2 Å². The van der Waals surface area contributed by atoms with Crippen molar-refractivity contribution in [2.45, 2.75) is 58.3 Å². The topological polar surface area (TPSA) is 64.8 Å². The number of nitrogens with zero attached hydrogens (tertiary/aromatic N) is 2. The Bertz CT molecular complexity index is 749. The maximum absolute atomic E-state index is 12.5. The van der Waals surface area contributed by atoms with E-state index in [4.69, 9.17) is 14.0 Å². The van der Waals surface area contributed by atoms with E-state index in [0.717, 1.165) is 36.1 Å². The van der Waals surface area contributed by atoms with E-state index in [0.29, 0.717) is 12.5 Å². The van der Waals surface area contributed by atoms with E-state index in [1.807, 2.05) is 51.1 Å². The zero-order valence-corrected chi connectivity index (χ0v) is 15.8. The van der Waals surface area contributed by atoms with Gasteiger partial charge in [-0.15, -0.1) is 0 Å². The lowest BCUT2D eigenvalue weighted by molar-refractivity contribution is 0.0200. The smallest absolute Gasteiger partial charge is 0.410 e. The Hall–Kier alpha value is -2.50. The highest BCUT2D eigenvalue weighted by Crippen LogP contribution is 2.40. The van der Waals surface area contributed by atoms with Crippen molar-refractivity contribution in [2.24, 2.45) is 0 Å². The number of carbonyl (C=O) groups is 1. The molecule has 0 saturated carbocycles. The molecule has 1 atom stereocenters. The highest BCUT2D eigenvalue weighted by molar-refractivity contribution is 5.68. The number of rotatable bonds is 4. The van der Waals surface area contributed by atoms with Gasteiger partial charge >= 0.3 is 6.09 Å². The molecule has 0 N–H and O–H groups in total. The molecule has 0 fully saturated rings. The second kappa shape index (κ2) is 7.40. The number of hydrogen-bond donors (Lipinski definition) is 0. The molecule has 1 amide bonds. The summed E-state index contributed by atoms with van der Waals surface area (Å²) in [5, 5.41) is 4.10. The Kier molecular flexibility index (Phi) is 5.20. The van der Waals surface area contributed by atoms with Gasteiger partial charge in [0.15, 0.2) is 0 Å². The first-order chi connectivity index (χ1) is 12.3. The number of hydrogen-bond acceptors (Lipinski definition) is 5. The molecule has 1 aliphatic carbocycles. The molecule has 1 aromatic carbocycles. The maximum atomic E-state index is 12.5. The predicted octanol–water partition coefficient (Wildman–Crippen LogP) is 4.50. The molecule has 0 spiro atoms. The van der Waals surface area contributed by atoms with Gasteiger partial charge in [-0.3, -0.25) is 0 Å². The number of fused-ring (bicyclic) bond motifs is 1. The van der Waals surface area contributed by atoms with Crippen LogP contribution in [0.3, 0.4) is 0 Å². The van der Waals surface area contributed by atoms with Gasteiger partial charge in [0.05, 0.1) is 11.6 Å². The summed E-state index contributed by atoms with van der Waals surface area (Å²) in [6.45, 7) is 5.99. The van der Waals surface area contributed by atoms with Gasteiger partial charge in [0.1, 0.15) is 18.0 Å². The van der Waals surface area contributed by atoms with Gasteiger partial charge in [0.2, 0.25) is 0 Å².